The number of carbonyl (C=O) groups excluding carboxylic acids is 5. The van der Waals surface area contributed by atoms with E-state index in [1.807, 2.05) is 51.1 Å². The number of nitrogens with zero attached hydrogens (tertiary/aromatic N) is 1. The van der Waals surface area contributed by atoms with Crippen LogP contribution in [0.5, 0.6) is 0 Å². The van der Waals surface area contributed by atoms with E-state index in [2.05, 4.69) is 16.0 Å². The Morgan fingerprint density at radius 2 is 1.60 bits per heavy atom. The van der Waals surface area contributed by atoms with Gasteiger partial charge >= 0.3 is 6.09 Å². The molecular formula is C33H44N6O6. The summed E-state index contributed by atoms with van der Waals surface area (Å²) < 4.78 is 5.29. The third-order valence-electron chi connectivity index (χ3n) is 7.80. The van der Waals surface area contributed by atoms with Crippen molar-refractivity contribution in [3.05, 3.63) is 71.3 Å². The Kier molecular flexibility index (Phi) is 12.6. The van der Waals surface area contributed by atoms with Crippen LogP contribution in [0.4, 0.5) is 4.79 Å². The van der Waals surface area contributed by atoms with E-state index in [4.69, 9.17) is 15.9 Å². The van der Waals surface area contributed by atoms with Crippen LogP contribution in [-0.4, -0.2) is 65.5 Å². The van der Waals surface area contributed by atoms with Gasteiger partial charge in [0, 0.05) is 25.2 Å². The molecule has 12 nitrogen and oxygen atoms in total. The molecule has 0 saturated carbocycles. The maximum atomic E-state index is 13.4. The fourth-order valence-electron chi connectivity index (χ4n) is 4.80. The molecule has 2 unspecified atom stereocenters. The zero-order chi connectivity index (χ0) is 33.1. The lowest BCUT2D eigenvalue weighted by Gasteiger charge is -2.38. The molecule has 0 radical (unpaired) electrons. The summed E-state index contributed by atoms with van der Waals surface area (Å²) >= 11 is 0. The Labute approximate surface area is 264 Å². The molecule has 0 aromatic heterocycles. The Balaban J connectivity index is 1.55. The van der Waals surface area contributed by atoms with Crippen molar-refractivity contribution in [3.8, 4) is 0 Å². The second-order valence-corrected chi connectivity index (χ2v) is 11.9. The third-order valence-corrected chi connectivity index (χ3v) is 7.80. The summed E-state index contributed by atoms with van der Waals surface area (Å²) in [7, 11) is 0. The predicted octanol–water partition coefficient (Wildman–Crippen LogP) is 2.49. The number of amides is 4. The number of amidine groups is 1. The van der Waals surface area contributed by atoms with Crippen molar-refractivity contribution in [2.75, 3.05) is 13.1 Å². The highest BCUT2D eigenvalue weighted by atomic mass is 16.5. The molecule has 12 heteroatoms. The molecule has 1 aliphatic rings. The second-order valence-electron chi connectivity index (χ2n) is 11.9. The fraction of sp³-hybridized carbons (Fsp3) is 0.455. The number of benzene rings is 2. The summed E-state index contributed by atoms with van der Waals surface area (Å²) in [6.45, 7) is 7.91. The summed E-state index contributed by atoms with van der Waals surface area (Å²) in [5, 5.41) is 15.6. The first-order valence-corrected chi connectivity index (χ1v) is 15.2. The maximum absolute atomic E-state index is 13.4. The van der Waals surface area contributed by atoms with E-state index in [-0.39, 0.29) is 49.8 Å². The lowest BCUT2D eigenvalue weighted by atomic mass is 9.91. The van der Waals surface area contributed by atoms with Gasteiger partial charge in [0.2, 0.25) is 17.6 Å². The molecule has 242 valence electrons. The molecule has 2 aromatic rings. The topological polar surface area (TPSA) is 184 Å². The number of Topliss-reactive ketones (excluding diaryl/α,β-unsaturated/α-hetero) is 1. The van der Waals surface area contributed by atoms with Gasteiger partial charge in [0.15, 0.2) is 0 Å². The van der Waals surface area contributed by atoms with Crippen LogP contribution < -0.4 is 21.7 Å². The van der Waals surface area contributed by atoms with Gasteiger partial charge in [-0.05, 0) is 29.4 Å². The van der Waals surface area contributed by atoms with Crippen molar-refractivity contribution < 1.29 is 28.7 Å². The molecule has 1 fully saturated rings. The van der Waals surface area contributed by atoms with Gasteiger partial charge in [-0.15, -0.1) is 0 Å². The van der Waals surface area contributed by atoms with Gasteiger partial charge in [-0.25, -0.2) is 4.79 Å². The van der Waals surface area contributed by atoms with Crippen LogP contribution in [-0.2, 0) is 37.1 Å². The summed E-state index contributed by atoms with van der Waals surface area (Å²) in [6.07, 6.45) is 0.0509. The number of nitrogen functional groups attached to an aromatic ring is 1. The van der Waals surface area contributed by atoms with Crippen LogP contribution in [0.15, 0.2) is 54.6 Å². The molecule has 1 heterocycles. The highest BCUT2D eigenvalue weighted by molar-refractivity contribution is 6.38. The third kappa shape index (κ3) is 10.2. The number of likely N-dealkylation sites (tertiary alicyclic amines) is 1. The molecule has 0 aliphatic carbocycles. The zero-order valence-electron chi connectivity index (χ0n) is 26.3. The smallest absolute Gasteiger partial charge is 0.408 e. The first-order chi connectivity index (χ1) is 21.4. The zero-order valence-corrected chi connectivity index (χ0v) is 26.3. The van der Waals surface area contributed by atoms with Gasteiger partial charge in [-0.2, -0.15) is 0 Å². The first kappa shape index (κ1) is 34.7. The Morgan fingerprint density at radius 3 is 2.18 bits per heavy atom. The maximum Gasteiger partial charge on any atom is 0.408 e. The van der Waals surface area contributed by atoms with E-state index >= 15 is 0 Å². The van der Waals surface area contributed by atoms with Gasteiger partial charge in [-0.3, -0.25) is 24.6 Å². The molecule has 6 N–H and O–H groups in total. The minimum absolute atomic E-state index is 0.0360. The number of ketones is 1. The number of nitrogens with one attached hydrogen (secondary N) is 4. The fourth-order valence-corrected chi connectivity index (χ4v) is 4.80. The van der Waals surface area contributed by atoms with Gasteiger partial charge in [0.1, 0.15) is 18.5 Å². The van der Waals surface area contributed by atoms with Crippen LogP contribution in [0.25, 0.3) is 0 Å². The monoisotopic (exact) mass is 620 g/mol. The minimum atomic E-state index is -1.10. The molecular weight excluding hydrogens is 576 g/mol. The van der Waals surface area contributed by atoms with Gasteiger partial charge in [0.25, 0.3) is 5.91 Å². The van der Waals surface area contributed by atoms with E-state index in [0.29, 0.717) is 18.4 Å². The number of rotatable bonds is 15. The van der Waals surface area contributed by atoms with Gasteiger partial charge in [-0.1, -0.05) is 88.7 Å². The summed E-state index contributed by atoms with van der Waals surface area (Å²) in [5.74, 6) is -3.17. The SMILES string of the molecule is CC[C@H](C)C(NC(=O)C(CC(C)C)NC(=O)OCc1ccccc1)C(=O)C(=O)N1CC(C(=O)NCc2ccc(C(=N)N)cc2)C1. The molecule has 0 spiro atoms. The molecule has 0 bridgehead atoms. The van der Waals surface area contributed by atoms with Crippen molar-refractivity contribution >= 4 is 35.4 Å². The van der Waals surface area contributed by atoms with Crippen LogP contribution in [0.1, 0.15) is 57.2 Å². The molecule has 3 rings (SSSR count). The Bertz CT molecular complexity index is 1360. The van der Waals surface area contributed by atoms with E-state index in [1.165, 1.54) is 4.90 Å². The van der Waals surface area contributed by atoms with Crippen molar-refractivity contribution in [2.45, 2.75) is 65.8 Å². The number of nitrogens with two attached hydrogens (primary N) is 1. The number of carbonyl (C=O) groups is 5. The van der Waals surface area contributed by atoms with Crippen molar-refractivity contribution in [3.63, 3.8) is 0 Å². The molecule has 1 aliphatic heterocycles. The molecule has 3 atom stereocenters. The number of ether oxygens (including phenoxy) is 1. The minimum Gasteiger partial charge on any atom is -0.445 e. The lowest BCUT2D eigenvalue weighted by Crippen LogP contribution is -2.61. The van der Waals surface area contributed by atoms with E-state index in [0.717, 1.165) is 11.1 Å². The van der Waals surface area contributed by atoms with Gasteiger partial charge in [0.05, 0.1) is 12.0 Å². The first-order valence-electron chi connectivity index (χ1n) is 15.2. The van der Waals surface area contributed by atoms with Gasteiger partial charge < -0.3 is 31.3 Å². The van der Waals surface area contributed by atoms with E-state index < -0.39 is 41.7 Å². The van der Waals surface area contributed by atoms with Crippen LogP contribution in [0.2, 0.25) is 0 Å². The number of hydrogen-bond acceptors (Lipinski definition) is 7. The van der Waals surface area contributed by atoms with Crippen LogP contribution in [0.3, 0.4) is 0 Å². The van der Waals surface area contributed by atoms with Crippen LogP contribution >= 0.6 is 0 Å². The Hall–Kier alpha value is -4.74. The molecule has 45 heavy (non-hydrogen) atoms. The Morgan fingerprint density at radius 1 is 0.956 bits per heavy atom. The molecule has 2 aromatic carbocycles. The lowest BCUT2D eigenvalue weighted by molar-refractivity contribution is -0.153. The average molecular weight is 621 g/mol. The summed E-state index contributed by atoms with van der Waals surface area (Å²) in [6, 6.07) is 14.0. The normalized spacial score (nSPS) is 14.8. The van der Waals surface area contributed by atoms with Crippen molar-refractivity contribution in [2.24, 2.45) is 23.5 Å². The standard InChI is InChI=1S/C33H44N6O6/c1-5-21(4)27(38-31(42)26(15-20(2)3)37-33(44)45-19-23-9-7-6-8-10-23)28(40)32(43)39-17-25(18-39)30(41)36-16-22-11-13-24(14-12-22)29(34)35/h6-14,20-21,25-27H,5,15-19H2,1-4H3,(H3,34,35)(H,36,41)(H,37,44)(H,38,42)/t21-,26?,27?/m0/s1. The summed E-state index contributed by atoms with van der Waals surface area (Å²) in [5.41, 5.74) is 7.68. The largest absolute Gasteiger partial charge is 0.445 e. The molecule has 1 saturated heterocycles. The molecule has 4 amide bonds. The van der Waals surface area contributed by atoms with Crippen molar-refractivity contribution in [1.82, 2.24) is 20.9 Å². The van der Waals surface area contributed by atoms with Crippen molar-refractivity contribution in [1.29, 1.82) is 5.41 Å². The van der Waals surface area contributed by atoms with E-state index in [9.17, 15) is 24.0 Å². The predicted molar refractivity (Wildman–Crippen MR) is 169 cm³/mol. The average Bonchev–Trinajstić information content (AvgIpc) is 3.00. The second kappa shape index (κ2) is 16.4. The van der Waals surface area contributed by atoms with Crippen LogP contribution in [0, 0.1) is 23.2 Å². The highest BCUT2D eigenvalue weighted by Crippen LogP contribution is 2.19. The summed E-state index contributed by atoms with van der Waals surface area (Å²) in [4.78, 5) is 66.3. The number of hydrogen-bond donors (Lipinski definition) is 5. The quantitative estimate of drug-likeness (QED) is 0.115. The number of alkyl carbamates (subject to hydrolysis) is 1. The van der Waals surface area contributed by atoms with E-state index in [1.54, 1.807) is 31.2 Å². The highest BCUT2D eigenvalue weighted by Gasteiger charge is 2.41.